The van der Waals surface area contributed by atoms with Crippen LogP contribution in [-0.2, 0) is 11.3 Å². The van der Waals surface area contributed by atoms with Crippen LogP contribution < -0.4 is 5.32 Å². The summed E-state index contributed by atoms with van der Waals surface area (Å²) in [5, 5.41) is 3.72. The third-order valence-electron chi connectivity index (χ3n) is 3.25. The lowest BCUT2D eigenvalue weighted by molar-refractivity contribution is 0.105. The van der Waals surface area contributed by atoms with Crippen molar-refractivity contribution in [1.82, 2.24) is 9.97 Å². The molecule has 104 valence electrons. The van der Waals surface area contributed by atoms with E-state index in [0.29, 0.717) is 17.5 Å². The summed E-state index contributed by atoms with van der Waals surface area (Å²) >= 11 is 6.06. The molecule has 1 aromatic heterocycles. The van der Waals surface area contributed by atoms with Crippen molar-refractivity contribution < 1.29 is 4.74 Å². The van der Waals surface area contributed by atoms with Gasteiger partial charge in [0.2, 0.25) is 0 Å². The number of halogens is 1. The number of nitrogens with one attached hydrogen (secondary N) is 1. The summed E-state index contributed by atoms with van der Waals surface area (Å²) < 4.78 is 5.60. The highest BCUT2D eigenvalue weighted by molar-refractivity contribution is 6.29. The van der Waals surface area contributed by atoms with Gasteiger partial charge in [-0.1, -0.05) is 41.9 Å². The first-order valence-electron chi connectivity index (χ1n) is 6.75. The maximum Gasteiger partial charge on any atom is 0.161 e. The fourth-order valence-electron chi connectivity index (χ4n) is 2.24. The third-order valence-corrected chi connectivity index (χ3v) is 3.44. The minimum Gasteiger partial charge on any atom is -0.370 e. The molecule has 0 saturated carbocycles. The van der Waals surface area contributed by atoms with E-state index in [2.05, 4.69) is 27.4 Å². The maximum absolute atomic E-state index is 6.06. The van der Waals surface area contributed by atoms with Gasteiger partial charge in [0, 0.05) is 19.2 Å². The first kappa shape index (κ1) is 13.3. The third kappa shape index (κ3) is 3.26. The molecule has 0 aliphatic carbocycles. The van der Waals surface area contributed by atoms with E-state index in [4.69, 9.17) is 16.3 Å². The average molecular weight is 290 g/mol. The number of ether oxygens (including phenoxy) is 1. The maximum atomic E-state index is 6.06. The summed E-state index contributed by atoms with van der Waals surface area (Å²) in [6, 6.07) is 11.9. The van der Waals surface area contributed by atoms with E-state index in [0.717, 1.165) is 25.3 Å². The van der Waals surface area contributed by atoms with Crippen LogP contribution in [0.1, 0.15) is 30.3 Å². The van der Waals surface area contributed by atoms with Crippen molar-refractivity contribution in [3.05, 3.63) is 52.9 Å². The van der Waals surface area contributed by atoms with E-state index in [1.165, 1.54) is 5.56 Å². The molecule has 2 heterocycles. The zero-order valence-corrected chi connectivity index (χ0v) is 11.8. The highest BCUT2D eigenvalue weighted by Gasteiger charge is 2.21. The largest absolute Gasteiger partial charge is 0.370 e. The second kappa shape index (κ2) is 6.20. The fourth-order valence-corrected chi connectivity index (χ4v) is 2.43. The van der Waals surface area contributed by atoms with Crippen LogP contribution in [0.15, 0.2) is 36.4 Å². The molecule has 0 radical (unpaired) electrons. The molecule has 20 heavy (non-hydrogen) atoms. The Morgan fingerprint density at radius 1 is 1.25 bits per heavy atom. The summed E-state index contributed by atoms with van der Waals surface area (Å²) in [6.07, 6.45) is 1.98. The molecule has 0 bridgehead atoms. The van der Waals surface area contributed by atoms with Gasteiger partial charge in [0.25, 0.3) is 0 Å². The lowest BCUT2D eigenvalue weighted by atomic mass is 10.2. The molecule has 3 rings (SSSR count). The molecule has 0 amide bonds. The number of hydrogen-bond donors (Lipinski definition) is 1. The van der Waals surface area contributed by atoms with Crippen molar-refractivity contribution in [1.29, 1.82) is 0 Å². The van der Waals surface area contributed by atoms with Gasteiger partial charge in [0.05, 0.1) is 0 Å². The molecule has 4 nitrogen and oxygen atoms in total. The van der Waals surface area contributed by atoms with Gasteiger partial charge in [0.1, 0.15) is 17.1 Å². The lowest BCUT2D eigenvalue weighted by Gasteiger charge is -2.11. The predicted octanol–water partition coefficient (Wildman–Crippen LogP) is 3.59. The van der Waals surface area contributed by atoms with Crippen LogP contribution in [-0.4, -0.2) is 16.6 Å². The molecular formula is C15H16ClN3O. The van der Waals surface area contributed by atoms with Gasteiger partial charge in [-0.2, -0.15) is 0 Å². The van der Waals surface area contributed by atoms with Gasteiger partial charge in [-0.3, -0.25) is 0 Å². The molecule has 1 saturated heterocycles. The van der Waals surface area contributed by atoms with Crippen LogP contribution in [0.3, 0.4) is 0 Å². The number of nitrogens with zero attached hydrogens (tertiary/aromatic N) is 2. The topological polar surface area (TPSA) is 47.0 Å². The summed E-state index contributed by atoms with van der Waals surface area (Å²) in [6.45, 7) is 1.48. The standard InChI is InChI=1S/C15H16ClN3O/c16-13-9-14(17-10-11-5-2-1-3-6-11)19-15(18-13)12-7-4-8-20-12/h1-3,5-6,9,12H,4,7-8,10H2,(H,17,18,19). The van der Waals surface area contributed by atoms with Crippen molar-refractivity contribution in [3.63, 3.8) is 0 Å². The Bertz CT molecular complexity index is 571. The highest BCUT2D eigenvalue weighted by Crippen LogP contribution is 2.27. The van der Waals surface area contributed by atoms with Crippen molar-refractivity contribution >= 4 is 17.4 Å². The monoisotopic (exact) mass is 289 g/mol. The van der Waals surface area contributed by atoms with Crippen molar-refractivity contribution in [3.8, 4) is 0 Å². The molecule has 1 unspecified atom stereocenters. The van der Waals surface area contributed by atoms with Crippen molar-refractivity contribution in [2.24, 2.45) is 0 Å². The number of rotatable bonds is 4. The molecular weight excluding hydrogens is 274 g/mol. The highest BCUT2D eigenvalue weighted by atomic mass is 35.5. The fraction of sp³-hybridized carbons (Fsp3) is 0.333. The Morgan fingerprint density at radius 3 is 2.85 bits per heavy atom. The molecule has 1 fully saturated rings. The molecule has 1 aromatic carbocycles. The van der Waals surface area contributed by atoms with Gasteiger partial charge < -0.3 is 10.1 Å². The van der Waals surface area contributed by atoms with Crippen molar-refractivity contribution in [2.45, 2.75) is 25.5 Å². The molecule has 1 aliphatic rings. The average Bonchev–Trinajstić information content (AvgIpc) is 3.00. The first-order chi connectivity index (χ1) is 9.81. The predicted molar refractivity (Wildman–Crippen MR) is 78.7 cm³/mol. The lowest BCUT2D eigenvalue weighted by Crippen LogP contribution is -2.07. The second-order valence-electron chi connectivity index (χ2n) is 4.77. The normalized spacial score (nSPS) is 18.1. The molecule has 2 aromatic rings. The molecule has 0 spiro atoms. The Hall–Kier alpha value is -1.65. The van der Waals surface area contributed by atoms with E-state index in [1.807, 2.05) is 18.2 Å². The minimum absolute atomic E-state index is 0.0222. The van der Waals surface area contributed by atoms with E-state index in [9.17, 15) is 0 Å². The smallest absolute Gasteiger partial charge is 0.161 e. The Labute approximate surface area is 123 Å². The number of aromatic nitrogens is 2. The van der Waals surface area contributed by atoms with Crippen LogP contribution in [0.25, 0.3) is 0 Å². The van der Waals surface area contributed by atoms with Crippen LogP contribution in [0.4, 0.5) is 5.82 Å². The van der Waals surface area contributed by atoms with E-state index in [-0.39, 0.29) is 6.10 Å². The molecule has 5 heteroatoms. The first-order valence-corrected chi connectivity index (χ1v) is 7.13. The van der Waals surface area contributed by atoms with E-state index < -0.39 is 0 Å². The summed E-state index contributed by atoms with van der Waals surface area (Å²) in [7, 11) is 0. The zero-order valence-electron chi connectivity index (χ0n) is 11.1. The minimum atomic E-state index is -0.0222. The van der Waals surface area contributed by atoms with Crippen molar-refractivity contribution in [2.75, 3.05) is 11.9 Å². The number of anilines is 1. The van der Waals surface area contributed by atoms with Gasteiger partial charge in [0.15, 0.2) is 5.82 Å². The van der Waals surface area contributed by atoms with Gasteiger partial charge in [-0.15, -0.1) is 0 Å². The van der Waals surface area contributed by atoms with E-state index in [1.54, 1.807) is 6.07 Å². The van der Waals surface area contributed by atoms with Gasteiger partial charge in [-0.25, -0.2) is 9.97 Å². The summed E-state index contributed by atoms with van der Waals surface area (Å²) in [5.41, 5.74) is 1.20. The van der Waals surface area contributed by atoms with Crippen LogP contribution in [0, 0.1) is 0 Å². The van der Waals surface area contributed by atoms with Crippen LogP contribution >= 0.6 is 11.6 Å². The summed E-state index contributed by atoms with van der Waals surface area (Å²) in [5.74, 6) is 1.41. The molecule has 1 aliphatic heterocycles. The van der Waals surface area contributed by atoms with Gasteiger partial charge >= 0.3 is 0 Å². The van der Waals surface area contributed by atoms with Crippen LogP contribution in [0.2, 0.25) is 5.15 Å². The zero-order chi connectivity index (χ0) is 13.8. The van der Waals surface area contributed by atoms with Gasteiger partial charge in [-0.05, 0) is 18.4 Å². The van der Waals surface area contributed by atoms with E-state index >= 15 is 0 Å². The quantitative estimate of drug-likeness (QED) is 0.874. The second-order valence-corrected chi connectivity index (χ2v) is 5.16. The van der Waals surface area contributed by atoms with Crippen LogP contribution in [0.5, 0.6) is 0 Å². The molecule has 1 atom stereocenters. The SMILES string of the molecule is Clc1cc(NCc2ccccc2)nc(C2CCCO2)n1. The number of benzene rings is 1. The Balaban J connectivity index is 1.72. The summed E-state index contributed by atoms with van der Waals surface area (Å²) in [4.78, 5) is 8.76. The molecule has 1 N–H and O–H groups in total. The Kier molecular flexibility index (Phi) is 4.14. The Morgan fingerprint density at radius 2 is 2.10 bits per heavy atom. The number of hydrogen-bond acceptors (Lipinski definition) is 4.